The first-order valence-electron chi connectivity index (χ1n) is 4.10. The van der Waals surface area contributed by atoms with Crippen LogP contribution in [-0.2, 0) is 4.79 Å². The minimum absolute atomic E-state index is 0.0725. The largest absolute Gasteiger partial charge is 0.506 e. The monoisotopic (exact) mass is 214 g/mol. The second-order valence-electron chi connectivity index (χ2n) is 3.07. The Balaban J connectivity index is 3.31. The van der Waals surface area contributed by atoms with Crippen molar-refractivity contribution in [1.29, 1.82) is 0 Å². The number of carbonyl (C=O) groups excluding carboxylic acids is 1. The Morgan fingerprint density at radius 3 is 2.57 bits per heavy atom. The molecule has 0 heterocycles. The van der Waals surface area contributed by atoms with Crippen LogP contribution in [0.25, 0.3) is 0 Å². The summed E-state index contributed by atoms with van der Waals surface area (Å²) in [6.45, 7) is 4.87. The van der Waals surface area contributed by atoms with Crippen molar-refractivity contribution in [1.82, 2.24) is 0 Å². The van der Waals surface area contributed by atoms with Gasteiger partial charge in [-0.3, -0.25) is 4.79 Å². The summed E-state index contributed by atoms with van der Waals surface area (Å²) in [6, 6.07) is 1.53. The number of phenols is 1. The van der Waals surface area contributed by atoms with Gasteiger partial charge in [-0.1, -0.05) is 11.6 Å². The van der Waals surface area contributed by atoms with Crippen molar-refractivity contribution in [3.8, 4) is 11.5 Å². The summed E-state index contributed by atoms with van der Waals surface area (Å²) >= 11 is 5.79. The molecule has 1 aromatic carbocycles. The van der Waals surface area contributed by atoms with Crippen LogP contribution in [0.15, 0.2) is 6.07 Å². The van der Waals surface area contributed by atoms with E-state index in [1.807, 2.05) is 0 Å². The van der Waals surface area contributed by atoms with Gasteiger partial charge < -0.3 is 9.84 Å². The minimum atomic E-state index is -0.458. The summed E-state index contributed by atoms with van der Waals surface area (Å²) in [4.78, 5) is 10.8. The van der Waals surface area contributed by atoms with Gasteiger partial charge >= 0.3 is 5.97 Å². The number of hydrogen-bond acceptors (Lipinski definition) is 3. The molecule has 0 radical (unpaired) electrons. The number of halogens is 1. The molecule has 0 aromatic heterocycles. The zero-order chi connectivity index (χ0) is 10.9. The number of aryl methyl sites for hydroxylation is 1. The van der Waals surface area contributed by atoms with Crippen LogP contribution in [0.5, 0.6) is 11.5 Å². The van der Waals surface area contributed by atoms with Crippen LogP contribution in [0, 0.1) is 13.8 Å². The standard InChI is InChI=1S/C10H11ClO3/c1-5-4-8(13)9(11)10(6(5)2)14-7(3)12/h4,13H,1-3H3. The molecule has 0 unspecified atom stereocenters. The van der Waals surface area contributed by atoms with Gasteiger partial charge in [-0.05, 0) is 31.0 Å². The average molecular weight is 215 g/mol. The van der Waals surface area contributed by atoms with Crippen LogP contribution < -0.4 is 4.74 Å². The Morgan fingerprint density at radius 1 is 1.50 bits per heavy atom. The molecular weight excluding hydrogens is 204 g/mol. The van der Waals surface area contributed by atoms with Crippen LogP contribution in [0.2, 0.25) is 5.02 Å². The van der Waals surface area contributed by atoms with Crippen LogP contribution in [-0.4, -0.2) is 11.1 Å². The molecule has 4 heteroatoms. The maximum absolute atomic E-state index is 10.8. The van der Waals surface area contributed by atoms with Crippen LogP contribution in [0.3, 0.4) is 0 Å². The Kier molecular flexibility index (Phi) is 3.01. The molecule has 1 rings (SSSR count). The molecule has 1 aromatic rings. The number of phenolic OH excluding ortho intramolecular Hbond substituents is 1. The molecule has 3 nitrogen and oxygen atoms in total. The van der Waals surface area contributed by atoms with Gasteiger partial charge in [-0.15, -0.1) is 0 Å². The molecule has 0 aliphatic rings. The van der Waals surface area contributed by atoms with E-state index in [0.717, 1.165) is 11.1 Å². The lowest BCUT2D eigenvalue weighted by atomic mass is 10.1. The van der Waals surface area contributed by atoms with Gasteiger partial charge in [0.15, 0.2) is 5.75 Å². The minimum Gasteiger partial charge on any atom is -0.506 e. The van der Waals surface area contributed by atoms with Crippen molar-refractivity contribution in [2.45, 2.75) is 20.8 Å². The highest BCUT2D eigenvalue weighted by Gasteiger charge is 2.14. The lowest BCUT2D eigenvalue weighted by Crippen LogP contribution is -2.04. The van der Waals surface area contributed by atoms with Crippen molar-refractivity contribution < 1.29 is 14.6 Å². The molecule has 0 aliphatic carbocycles. The first-order valence-corrected chi connectivity index (χ1v) is 4.48. The third-order valence-electron chi connectivity index (χ3n) is 1.96. The van der Waals surface area contributed by atoms with Crippen LogP contribution in [0.1, 0.15) is 18.1 Å². The molecule has 1 N–H and O–H groups in total. The zero-order valence-corrected chi connectivity index (χ0v) is 8.97. The quantitative estimate of drug-likeness (QED) is 0.577. The normalized spacial score (nSPS) is 10.0. The number of aromatic hydroxyl groups is 1. The lowest BCUT2D eigenvalue weighted by molar-refractivity contribution is -0.131. The fourth-order valence-electron chi connectivity index (χ4n) is 1.10. The van der Waals surface area contributed by atoms with E-state index in [-0.39, 0.29) is 16.5 Å². The highest BCUT2D eigenvalue weighted by Crippen LogP contribution is 2.38. The number of benzene rings is 1. The molecule has 14 heavy (non-hydrogen) atoms. The molecule has 0 amide bonds. The number of ether oxygens (including phenoxy) is 1. The maximum Gasteiger partial charge on any atom is 0.308 e. The third-order valence-corrected chi connectivity index (χ3v) is 2.32. The zero-order valence-electron chi connectivity index (χ0n) is 8.22. The second-order valence-corrected chi connectivity index (χ2v) is 3.45. The van der Waals surface area contributed by atoms with Gasteiger partial charge in [-0.25, -0.2) is 0 Å². The van der Waals surface area contributed by atoms with E-state index in [1.165, 1.54) is 13.0 Å². The SMILES string of the molecule is CC(=O)Oc1c(C)c(C)cc(O)c1Cl. The number of esters is 1. The van der Waals surface area contributed by atoms with Crippen molar-refractivity contribution in [2.75, 3.05) is 0 Å². The van der Waals surface area contributed by atoms with Crippen LogP contribution in [0.4, 0.5) is 0 Å². The Bertz CT molecular complexity index is 359. The second kappa shape index (κ2) is 3.88. The summed E-state index contributed by atoms with van der Waals surface area (Å²) < 4.78 is 4.91. The Morgan fingerprint density at radius 2 is 2.07 bits per heavy atom. The molecule has 76 valence electrons. The molecule has 0 aliphatic heterocycles. The van der Waals surface area contributed by atoms with E-state index < -0.39 is 5.97 Å². The molecule has 0 bridgehead atoms. The summed E-state index contributed by atoms with van der Waals surface area (Å²) in [5.74, 6) is -0.303. The van der Waals surface area contributed by atoms with E-state index in [4.69, 9.17) is 16.3 Å². The van der Waals surface area contributed by atoms with Crippen molar-refractivity contribution in [3.05, 3.63) is 22.2 Å². The van der Waals surface area contributed by atoms with E-state index in [9.17, 15) is 9.90 Å². The summed E-state index contributed by atoms with van der Waals surface area (Å²) in [5.41, 5.74) is 1.58. The maximum atomic E-state index is 10.8. The lowest BCUT2D eigenvalue weighted by Gasteiger charge is -2.11. The van der Waals surface area contributed by atoms with Crippen molar-refractivity contribution in [3.63, 3.8) is 0 Å². The van der Waals surface area contributed by atoms with Crippen molar-refractivity contribution >= 4 is 17.6 Å². The highest BCUT2D eigenvalue weighted by molar-refractivity contribution is 6.33. The fourth-order valence-corrected chi connectivity index (χ4v) is 1.34. The van der Waals surface area contributed by atoms with E-state index >= 15 is 0 Å². The molecule has 0 atom stereocenters. The van der Waals surface area contributed by atoms with E-state index in [1.54, 1.807) is 13.8 Å². The topological polar surface area (TPSA) is 46.5 Å². The van der Waals surface area contributed by atoms with E-state index in [0.29, 0.717) is 0 Å². The number of hydrogen-bond donors (Lipinski definition) is 1. The Hall–Kier alpha value is -1.22. The summed E-state index contributed by atoms with van der Waals surface area (Å²) in [6.07, 6.45) is 0. The fraction of sp³-hybridized carbons (Fsp3) is 0.300. The molecule has 0 spiro atoms. The number of rotatable bonds is 1. The smallest absolute Gasteiger partial charge is 0.308 e. The predicted octanol–water partition coefficient (Wildman–Crippen LogP) is 2.59. The molecule has 0 fully saturated rings. The van der Waals surface area contributed by atoms with Gasteiger partial charge in [0.25, 0.3) is 0 Å². The van der Waals surface area contributed by atoms with Gasteiger partial charge in [0, 0.05) is 6.92 Å². The Labute approximate surface area is 87.3 Å². The first kappa shape index (κ1) is 10.9. The van der Waals surface area contributed by atoms with Gasteiger partial charge in [0.05, 0.1) is 0 Å². The highest BCUT2D eigenvalue weighted by atomic mass is 35.5. The number of carbonyl (C=O) groups is 1. The van der Waals surface area contributed by atoms with Gasteiger partial charge in [0.2, 0.25) is 0 Å². The predicted molar refractivity (Wildman–Crippen MR) is 53.9 cm³/mol. The summed E-state index contributed by atoms with van der Waals surface area (Å²) in [5, 5.41) is 9.47. The average Bonchev–Trinajstić information content (AvgIpc) is 2.09. The first-order chi connectivity index (χ1) is 6.43. The molecule has 0 saturated carbocycles. The third kappa shape index (κ3) is 1.99. The summed E-state index contributed by atoms with van der Waals surface area (Å²) in [7, 11) is 0. The van der Waals surface area contributed by atoms with Gasteiger partial charge in [0.1, 0.15) is 10.8 Å². The molecular formula is C10H11ClO3. The molecule has 0 saturated heterocycles. The van der Waals surface area contributed by atoms with Crippen molar-refractivity contribution in [2.24, 2.45) is 0 Å². The van der Waals surface area contributed by atoms with E-state index in [2.05, 4.69) is 0 Å². The van der Waals surface area contributed by atoms with Crippen LogP contribution >= 0.6 is 11.6 Å². The van der Waals surface area contributed by atoms with Gasteiger partial charge in [-0.2, -0.15) is 0 Å².